The van der Waals surface area contributed by atoms with Gasteiger partial charge in [-0.25, -0.2) is 9.97 Å². The van der Waals surface area contributed by atoms with Gasteiger partial charge in [0.2, 0.25) is 0 Å². The lowest BCUT2D eigenvalue weighted by molar-refractivity contribution is -0.304. The summed E-state index contributed by atoms with van der Waals surface area (Å²) in [6, 6.07) is 8.25. The molecule has 0 radical (unpaired) electrons. The van der Waals surface area contributed by atoms with E-state index >= 15 is 0 Å². The molecular formula is C17H15N2O2S2-. The van der Waals surface area contributed by atoms with Crippen LogP contribution in [0.15, 0.2) is 41.0 Å². The number of hydrogen-bond acceptors (Lipinski definition) is 6. The molecule has 2 aromatic heterocycles. The van der Waals surface area contributed by atoms with Crippen LogP contribution in [0.25, 0.3) is 21.3 Å². The van der Waals surface area contributed by atoms with Gasteiger partial charge in [-0.15, -0.1) is 11.3 Å². The Bertz CT molecular complexity index is 843. The van der Waals surface area contributed by atoms with Crippen LogP contribution in [0.3, 0.4) is 0 Å². The van der Waals surface area contributed by atoms with Crippen molar-refractivity contribution >= 4 is 39.3 Å². The number of thiophene rings is 1. The number of carbonyl (C=O) groups is 1. The Labute approximate surface area is 142 Å². The molecule has 0 bridgehead atoms. The molecule has 4 nitrogen and oxygen atoms in total. The highest BCUT2D eigenvalue weighted by atomic mass is 32.2. The third-order valence-electron chi connectivity index (χ3n) is 3.59. The number of benzene rings is 1. The molecule has 0 saturated heterocycles. The van der Waals surface area contributed by atoms with Crippen molar-refractivity contribution in [1.29, 1.82) is 0 Å². The van der Waals surface area contributed by atoms with Crippen LogP contribution in [-0.4, -0.2) is 21.2 Å². The Kier molecular flexibility index (Phi) is 4.63. The maximum Gasteiger partial charge on any atom is 0.128 e. The highest BCUT2D eigenvalue weighted by Gasteiger charge is 2.17. The van der Waals surface area contributed by atoms with Crippen molar-refractivity contribution in [3.05, 3.63) is 41.5 Å². The fourth-order valence-corrected chi connectivity index (χ4v) is 4.26. The molecule has 6 heteroatoms. The predicted molar refractivity (Wildman–Crippen MR) is 92.5 cm³/mol. The van der Waals surface area contributed by atoms with E-state index < -0.39 is 11.2 Å². The molecule has 0 amide bonds. The second kappa shape index (κ2) is 6.68. The van der Waals surface area contributed by atoms with Crippen LogP contribution in [0.4, 0.5) is 0 Å². The van der Waals surface area contributed by atoms with Crippen LogP contribution in [0.2, 0.25) is 0 Å². The number of carboxylic acid groups (broad SMARTS) is 1. The molecule has 0 spiro atoms. The van der Waals surface area contributed by atoms with E-state index in [-0.39, 0.29) is 0 Å². The van der Waals surface area contributed by atoms with Crippen LogP contribution in [0.5, 0.6) is 0 Å². The smallest absolute Gasteiger partial charge is 0.128 e. The number of aliphatic carboxylic acids is 1. The number of hydrogen-bond donors (Lipinski definition) is 0. The lowest BCUT2D eigenvalue weighted by Crippen LogP contribution is -2.33. The van der Waals surface area contributed by atoms with E-state index in [0.717, 1.165) is 21.3 Å². The maximum atomic E-state index is 11.2. The summed E-state index contributed by atoms with van der Waals surface area (Å²) in [5.41, 5.74) is 3.32. The van der Waals surface area contributed by atoms with Crippen LogP contribution in [0.1, 0.15) is 18.9 Å². The van der Waals surface area contributed by atoms with Gasteiger partial charge < -0.3 is 9.90 Å². The van der Waals surface area contributed by atoms with E-state index in [1.165, 1.54) is 23.7 Å². The molecule has 2 heterocycles. The Hall–Kier alpha value is -1.92. The molecule has 0 fully saturated rings. The van der Waals surface area contributed by atoms with E-state index in [1.807, 2.05) is 19.2 Å². The van der Waals surface area contributed by atoms with Crippen molar-refractivity contribution in [2.75, 3.05) is 0 Å². The molecule has 0 N–H and O–H groups in total. The second-order valence-corrected chi connectivity index (χ2v) is 7.26. The minimum Gasteiger partial charge on any atom is -0.549 e. The van der Waals surface area contributed by atoms with Gasteiger partial charge in [0.25, 0.3) is 0 Å². The zero-order chi connectivity index (χ0) is 16.4. The summed E-state index contributed by atoms with van der Waals surface area (Å²) < 4.78 is 0. The first-order valence-corrected chi connectivity index (χ1v) is 9.02. The highest BCUT2D eigenvalue weighted by Crippen LogP contribution is 2.39. The van der Waals surface area contributed by atoms with Crippen molar-refractivity contribution < 1.29 is 9.90 Å². The van der Waals surface area contributed by atoms with Gasteiger partial charge in [-0.2, -0.15) is 0 Å². The van der Waals surface area contributed by atoms with Crippen LogP contribution >= 0.6 is 23.1 Å². The van der Waals surface area contributed by atoms with E-state index in [9.17, 15) is 9.90 Å². The van der Waals surface area contributed by atoms with E-state index in [2.05, 4.69) is 34.2 Å². The minimum absolute atomic E-state index is 0.489. The fraction of sp³-hybridized carbons (Fsp3) is 0.235. The molecule has 0 saturated carbocycles. The first-order valence-electron chi connectivity index (χ1n) is 7.27. The van der Waals surface area contributed by atoms with Crippen molar-refractivity contribution in [1.82, 2.24) is 9.97 Å². The van der Waals surface area contributed by atoms with Gasteiger partial charge in [0.05, 0.1) is 16.6 Å². The summed E-state index contributed by atoms with van der Waals surface area (Å²) >= 11 is 2.78. The van der Waals surface area contributed by atoms with E-state index in [4.69, 9.17) is 0 Å². The summed E-state index contributed by atoms with van der Waals surface area (Å²) in [6.45, 7) is 3.88. The predicted octanol–water partition coefficient (Wildman–Crippen LogP) is 3.29. The van der Waals surface area contributed by atoms with Crippen molar-refractivity contribution in [2.24, 2.45) is 0 Å². The molecule has 0 aliphatic rings. The van der Waals surface area contributed by atoms with Gasteiger partial charge in [0.15, 0.2) is 0 Å². The summed E-state index contributed by atoms with van der Waals surface area (Å²) in [7, 11) is 0. The van der Waals surface area contributed by atoms with Gasteiger partial charge >= 0.3 is 0 Å². The van der Waals surface area contributed by atoms with Crippen LogP contribution in [0, 0.1) is 6.92 Å². The Morgan fingerprint density at radius 2 is 2.04 bits per heavy atom. The number of carbonyl (C=O) groups excluding carboxylic acids is 1. The fourth-order valence-electron chi connectivity index (χ4n) is 2.32. The molecule has 3 aromatic rings. The largest absolute Gasteiger partial charge is 0.549 e. The minimum atomic E-state index is -1.06. The zero-order valence-corrected chi connectivity index (χ0v) is 14.4. The van der Waals surface area contributed by atoms with Crippen molar-refractivity contribution in [2.45, 2.75) is 30.5 Å². The highest BCUT2D eigenvalue weighted by molar-refractivity contribution is 8.00. The number of aryl methyl sites for hydroxylation is 1. The van der Waals surface area contributed by atoms with Crippen molar-refractivity contribution in [3.8, 4) is 11.1 Å². The van der Waals surface area contributed by atoms with Gasteiger partial charge in [0.1, 0.15) is 16.2 Å². The topological polar surface area (TPSA) is 65.9 Å². The van der Waals surface area contributed by atoms with Crippen LogP contribution < -0.4 is 5.11 Å². The SMILES string of the molecule is CC[C@H](Sc1ncnc2scc(-c3ccc(C)cc3)c12)C(=O)[O-]. The number of rotatable bonds is 5. The standard InChI is InChI=1S/C17H16N2O2S2/c1-3-13(17(20)21)23-16-14-12(8-22-15(14)18-9-19-16)11-6-4-10(2)5-7-11/h4-9,13H,3H2,1-2H3,(H,20,21)/p-1/t13-/m0/s1. The molecule has 23 heavy (non-hydrogen) atoms. The average Bonchev–Trinajstić information content (AvgIpc) is 2.98. The quantitative estimate of drug-likeness (QED) is 0.525. The lowest BCUT2D eigenvalue weighted by Gasteiger charge is -2.15. The monoisotopic (exact) mass is 343 g/mol. The second-order valence-electron chi connectivity index (χ2n) is 5.21. The summed E-state index contributed by atoms with van der Waals surface area (Å²) in [5, 5.41) is 14.3. The number of thioether (sulfide) groups is 1. The van der Waals surface area contributed by atoms with Gasteiger partial charge in [-0.3, -0.25) is 0 Å². The molecule has 118 valence electrons. The maximum absolute atomic E-state index is 11.2. The van der Waals surface area contributed by atoms with E-state index in [0.29, 0.717) is 11.4 Å². The normalized spacial score (nSPS) is 12.4. The molecule has 0 aliphatic heterocycles. The first-order chi connectivity index (χ1) is 11.1. The average molecular weight is 343 g/mol. The van der Waals surface area contributed by atoms with Crippen LogP contribution in [-0.2, 0) is 4.79 Å². The molecule has 1 aromatic carbocycles. The number of nitrogens with zero attached hydrogens (tertiary/aromatic N) is 2. The first kappa shape index (κ1) is 16.0. The molecule has 0 unspecified atom stereocenters. The summed E-state index contributed by atoms with van der Waals surface area (Å²) in [4.78, 5) is 20.7. The Balaban J connectivity index is 2.10. The zero-order valence-electron chi connectivity index (χ0n) is 12.8. The molecule has 3 rings (SSSR count). The van der Waals surface area contributed by atoms with Crippen molar-refractivity contribution in [3.63, 3.8) is 0 Å². The van der Waals surface area contributed by atoms with Gasteiger partial charge in [-0.1, -0.05) is 48.5 Å². The third kappa shape index (κ3) is 3.23. The molecular weight excluding hydrogens is 328 g/mol. The number of carboxylic acids is 1. The lowest BCUT2D eigenvalue weighted by atomic mass is 10.1. The summed E-state index contributed by atoms with van der Waals surface area (Å²) in [6.07, 6.45) is 1.98. The van der Waals surface area contributed by atoms with Gasteiger partial charge in [-0.05, 0) is 18.9 Å². The molecule has 1 atom stereocenters. The Morgan fingerprint density at radius 1 is 1.30 bits per heavy atom. The summed E-state index contributed by atoms with van der Waals surface area (Å²) in [5.74, 6) is -1.06. The Morgan fingerprint density at radius 3 is 2.70 bits per heavy atom. The van der Waals surface area contributed by atoms with Gasteiger partial charge in [0, 0.05) is 10.9 Å². The molecule has 0 aliphatic carbocycles. The van der Waals surface area contributed by atoms with E-state index in [1.54, 1.807) is 11.3 Å². The third-order valence-corrected chi connectivity index (χ3v) is 5.82. The number of fused-ring (bicyclic) bond motifs is 1. The number of aromatic nitrogens is 2.